The fourth-order valence-electron chi connectivity index (χ4n) is 4.01. The summed E-state index contributed by atoms with van der Waals surface area (Å²) >= 11 is 0. The van der Waals surface area contributed by atoms with Crippen molar-refractivity contribution < 1.29 is 9.47 Å². The van der Waals surface area contributed by atoms with Crippen LogP contribution >= 0.6 is 0 Å². The van der Waals surface area contributed by atoms with Gasteiger partial charge in [0.05, 0.1) is 11.8 Å². The summed E-state index contributed by atoms with van der Waals surface area (Å²) in [5.41, 5.74) is 1.45. The van der Waals surface area contributed by atoms with Gasteiger partial charge in [0.25, 0.3) is 0 Å². The highest BCUT2D eigenvalue weighted by molar-refractivity contribution is 5.05. The Bertz CT molecular complexity index is 466. The van der Waals surface area contributed by atoms with E-state index in [4.69, 9.17) is 9.47 Å². The number of hydrogen-bond acceptors (Lipinski definition) is 4. The minimum Gasteiger partial charge on any atom is -0.385 e. The number of piperidine rings is 1. The second kappa shape index (κ2) is 7.11. The van der Waals surface area contributed by atoms with Gasteiger partial charge in [-0.3, -0.25) is 9.58 Å². The first-order chi connectivity index (χ1) is 10.8. The molecular weight excluding hydrogens is 278 g/mol. The molecule has 0 aromatic carbocycles. The van der Waals surface area contributed by atoms with E-state index in [0.717, 1.165) is 58.7 Å². The first-order valence-electron chi connectivity index (χ1n) is 8.62. The molecule has 3 rings (SSSR count). The van der Waals surface area contributed by atoms with Gasteiger partial charge in [0.15, 0.2) is 0 Å². The minimum atomic E-state index is 0.128. The van der Waals surface area contributed by atoms with Crippen LogP contribution in [0.5, 0.6) is 0 Å². The lowest BCUT2D eigenvalue weighted by molar-refractivity contribution is -0.0721. The molecule has 1 atom stereocenters. The first kappa shape index (κ1) is 16.0. The van der Waals surface area contributed by atoms with Crippen molar-refractivity contribution in [2.75, 3.05) is 33.4 Å². The Morgan fingerprint density at radius 3 is 2.91 bits per heavy atom. The molecule has 1 aromatic heterocycles. The van der Waals surface area contributed by atoms with Crippen LogP contribution in [-0.4, -0.2) is 53.7 Å². The van der Waals surface area contributed by atoms with E-state index in [-0.39, 0.29) is 5.60 Å². The largest absolute Gasteiger partial charge is 0.385 e. The Balaban J connectivity index is 1.53. The topological polar surface area (TPSA) is 39.5 Å². The maximum Gasteiger partial charge on any atom is 0.0736 e. The molecule has 22 heavy (non-hydrogen) atoms. The molecule has 0 N–H and O–H groups in total. The van der Waals surface area contributed by atoms with Gasteiger partial charge in [0, 0.05) is 58.3 Å². The van der Waals surface area contributed by atoms with Crippen LogP contribution in [0.2, 0.25) is 0 Å². The molecule has 124 valence electrons. The first-order valence-corrected chi connectivity index (χ1v) is 8.62. The average molecular weight is 307 g/mol. The molecule has 1 unspecified atom stereocenters. The SMILES string of the molecule is CCn1cc(CN2CCC3(CC2)OCCC3CCOC)cn1. The summed E-state index contributed by atoms with van der Waals surface area (Å²) in [6.07, 6.45) is 8.82. The van der Waals surface area contributed by atoms with Gasteiger partial charge in [-0.25, -0.2) is 0 Å². The number of methoxy groups -OCH3 is 1. The highest BCUT2D eigenvalue weighted by Gasteiger charge is 2.45. The van der Waals surface area contributed by atoms with Gasteiger partial charge >= 0.3 is 0 Å². The van der Waals surface area contributed by atoms with Crippen molar-refractivity contribution in [1.82, 2.24) is 14.7 Å². The summed E-state index contributed by atoms with van der Waals surface area (Å²) in [6, 6.07) is 0. The van der Waals surface area contributed by atoms with E-state index in [0.29, 0.717) is 5.92 Å². The van der Waals surface area contributed by atoms with E-state index < -0.39 is 0 Å². The Hall–Kier alpha value is -0.910. The molecule has 2 aliphatic rings. The Morgan fingerprint density at radius 1 is 1.41 bits per heavy atom. The zero-order valence-electron chi connectivity index (χ0n) is 14.0. The molecule has 0 amide bonds. The lowest BCUT2D eigenvalue weighted by atomic mass is 9.78. The summed E-state index contributed by atoms with van der Waals surface area (Å²) in [5.74, 6) is 0.678. The molecule has 1 aromatic rings. The van der Waals surface area contributed by atoms with E-state index >= 15 is 0 Å². The molecule has 1 spiro atoms. The maximum atomic E-state index is 6.21. The van der Waals surface area contributed by atoms with Gasteiger partial charge < -0.3 is 9.47 Å². The lowest BCUT2D eigenvalue weighted by Gasteiger charge is -2.42. The van der Waals surface area contributed by atoms with Crippen molar-refractivity contribution in [3.63, 3.8) is 0 Å². The number of aryl methyl sites for hydroxylation is 1. The number of hydrogen-bond donors (Lipinski definition) is 0. The highest BCUT2D eigenvalue weighted by Crippen LogP contribution is 2.42. The Morgan fingerprint density at radius 2 is 2.23 bits per heavy atom. The molecule has 2 aliphatic heterocycles. The van der Waals surface area contributed by atoms with Crippen molar-refractivity contribution >= 4 is 0 Å². The fraction of sp³-hybridized carbons (Fsp3) is 0.824. The van der Waals surface area contributed by atoms with Crippen molar-refractivity contribution in [2.45, 2.75) is 51.3 Å². The number of likely N-dealkylation sites (tertiary alicyclic amines) is 1. The average Bonchev–Trinajstić information content (AvgIpc) is 3.15. The van der Waals surface area contributed by atoms with Crippen molar-refractivity contribution in [2.24, 2.45) is 5.92 Å². The van der Waals surface area contributed by atoms with Crippen LogP contribution in [0.4, 0.5) is 0 Å². The monoisotopic (exact) mass is 307 g/mol. The third-order valence-electron chi connectivity index (χ3n) is 5.39. The Kier molecular flexibility index (Phi) is 5.16. The molecule has 3 heterocycles. The van der Waals surface area contributed by atoms with Crippen LogP contribution in [0.1, 0.15) is 38.2 Å². The second-order valence-electron chi connectivity index (χ2n) is 6.66. The van der Waals surface area contributed by atoms with E-state index in [1.165, 1.54) is 12.0 Å². The maximum absolute atomic E-state index is 6.21. The zero-order chi connectivity index (χ0) is 15.4. The molecule has 0 saturated carbocycles. The van der Waals surface area contributed by atoms with Crippen molar-refractivity contribution in [3.8, 4) is 0 Å². The van der Waals surface area contributed by atoms with Gasteiger partial charge in [-0.2, -0.15) is 5.10 Å². The van der Waals surface area contributed by atoms with E-state index in [1.54, 1.807) is 7.11 Å². The summed E-state index contributed by atoms with van der Waals surface area (Å²) in [5, 5.41) is 4.37. The van der Waals surface area contributed by atoms with Crippen LogP contribution < -0.4 is 0 Å². The normalized spacial score (nSPS) is 25.1. The second-order valence-corrected chi connectivity index (χ2v) is 6.66. The van der Waals surface area contributed by atoms with Crippen molar-refractivity contribution in [1.29, 1.82) is 0 Å². The standard InChI is InChI=1S/C17H29N3O2/c1-3-20-14-15(12-18-20)13-19-8-6-17(7-9-19)16(4-10-21-2)5-11-22-17/h12,14,16H,3-11,13H2,1-2H3. The molecule has 2 saturated heterocycles. The quantitative estimate of drug-likeness (QED) is 0.808. The number of nitrogens with zero attached hydrogens (tertiary/aromatic N) is 3. The van der Waals surface area contributed by atoms with Crippen molar-refractivity contribution in [3.05, 3.63) is 18.0 Å². The smallest absolute Gasteiger partial charge is 0.0736 e. The molecule has 0 bridgehead atoms. The lowest BCUT2D eigenvalue weighted by Crippen LogP contribution is -2.47. The van der Waals surface area contributed by atoms with E-state index in [9.17, 15) is 0 Å². The molecule has 5 nitrogen and oxygen atoms in total. The van der Waals surface area contributed by atoms with Gasteiger partial charge in [0.2, 0.25) is 0 Å². The van der Waals surface area contributed by atoms with Crippen LogP contribution in [0.3, 0.4) is 0 Å². The minimum absolute atomic E-state index is 0.128. The number of rotatable bonds is 6. The predicted molar refractivity (Wildman–Crippen MR) is 85.7 cm³/mol. The van der Waals surface area contributed by atoms with E-state index in [1.807, 2.05) is 10.9 Å². The number of ether oxygens (including phenoxy) is 2. The van der Waals surface area contributed by atoms with Crippen LogP contribution in [-0.2, 0) is 22.6 Å². The Labute approximate surface area is 133 Å². The third-order valence-corrected chi connectivity index (χ3v) is 5.39. The summed E-state index contributed by atoms with van der Waals surface area (Å²) < 4.78 is 13.5. The molecule has 0 aliphatic carbocycles. The van der Waals surface area contributed by atoms with Crippen LogP contribution in [0, 0.1) is 5.92 Å². The van der Waals surface area contributed by atoms with Gasteiger partial charge in [0.1, 0.15) is 0 Å². The molecule has 5 heteroatoms. The third kappa shape index (κ3) is 3.36. The molecule has 0 radical (unpaired) electrons. The van der Waals surface area contributed by atoms with E-state index in [2.05, 4.69) is 23.1 Å². The van der Waals surface area contributed by atoms with Crippen LogP contribution in [0.15, 0.2) is 12.4 Å². The molecule has 2 fully saturated rings. The summed E-state index contributed by atoms with van der Waals surface area (Å²) in [6.45, 7) is 8.12. The van der Waals surface area contributed by atoms with Gasteiger partial charge in [-0.05, 0) is 38.5 Å². The zero-order valence-corrected chi connectivity index (χ0v) is 14.0. The summed E-state index contributed by atoms with van der Waals surface area (Å²) in [4.78, 5) is 2.54. The number of aromatic nitrogens is 2. The highest BCUT2D eigenvalue weighted by atomic mass is 16.5. The molecular formula is C17H29N3O2. The summed E-state index contributed by atoms with van der Waals surface area (Å²) in [7, 11) is 1.79. The fourth-order valence-corrected chi connectivity index (χ4v) is 4.01. The van der Waals surface area contributed by atoms with Gasteiger partial charge in [-0.1, -0.05) is 0 Å². The van der Waals surface area contributed by atoms with Gasteiger partial charge in [-0.15, -0.1) is 0 Å². The van der Waals surface area contributed by atoms with Crippen LogP contribution in [0.25, 0.3) is 0 Å². The predicted octanol–water partition coefficient (Wildman–Crippen LogP) is 2.31.